The van der Waals surface area contributed by atoms with E-state index < -0.39 is 23.7 Å². The van der Waals surface area contributed by atoms with Gasteiger partial charge in [0.2, 0.25) is 5.91 Å². The summed E-state index contributed by atoms with van der Waals surface area (Å²) in [5.74, 6) is 0.612. The molecule has 2 atom stereocenters. The Labute approximate surface area is 288 Å². The molecule has 0 bridgehead atoms. The second kappa shape index (κ2) is 16.1. The smallest absolute Gasteiger partial charge is 0.407 e. The number of aromatic nitrogens is 3. The van der Waals surface area contributed by atoms with E-state index in [0.29, 0.717) is 26.1 Å². The molecule has 0 spiro atoms. The van der Waals surface area contributed by atoms with Gasteiger partial charge in [-0.3, -0.25) is 4.79 Å². The maximum Gasteiger partial charge on any atom is 0.407 e. The molecule has 5 rings (SSSR count). The van der Waals surface area contributed by atoms with E-state index in [9.17, 15) is 14.4 Å². The van der Waals surface area contributed by atoms with Crippen molar-refractivity contribution >= 4 is 29.0 Å². The van der Waals surface area contributed by atoms with E-state index in [1.54, 1.807) is 19.4 Å². The van der Waals surface area contributed by atoms with Crippen molar-refractivity contribution in [1.29, 1.82) is 0 Å². The minimum atomic E-state index is -0.674. The quantitative estimate of drug-likeness (QED) is 0.141. The van der Waals surface area contributed by atoms with Crippen molar-refractivity contribution in [3.63, 3.8) is 0 Å². The molecule has 1 N–H and O–H groups in total. The minimum Gasteiger partial charge on any atom is -0.464 e. The Balaban J connectivity index is 1.30. The van der Waals surface area contributed by atoms with Gasteiger partial charge in [-0.25, -0.2) is 19.6 Å². The van der Waals surface area contributed by atoms with E-state index in [2.05, 4.69) is 20.9 Å². The molecular formula is C38H47N5O6. The van der Waals surface area contributed by atoms with Crippen molar-refractivity contribution in [1.82, 2.24) is 24.8 Å². The van der Waals surface area contributed by atoms with Crippen LogP contribution in [0.15, 0.2) is 66.9 Å². The summed E-state index contributed by atoms with van der Waals surface area (Å²) in [7, 11) is 3.03. The number of rotatable bonds is 12. The molecule has 1 fully saturated rings. The number of carbonyl (C=O) groups is 3. The molecule has 2 amide bonds. The van der Waals surface area contributed by atoms with Gasteiger partial charge in [0, 0.05) is 63.5 Å². The van der Waals surface area contributed by atoms with E-state index in [4.69, 9.17) is 19.2 Å². The number of para-hydroxylation sites is 2. The third-order valence-corrected chi connectivity index (χ3v) is 8.62. The number of methoxy groups -OCH3 is 2. The van der Waals surface area contributed by atoms with Gasteiger partial charge in [0.05, 0.1) is 18.1 Å². The predicted molar refractivity (Wildman–Crippen MR) is 187 cm³/mol. The molecule has 2 aromatic carbocycles. The Morgan fingerprint density at radius 3 is 2.45 bits per heavy atom. The van der Waals surface area contributed by atoms with Crippen molar-refractivity contribution in [2.24, 2.45) is 0 Å². The maximum absolute atomic E-state index is 13.9. The molecule has 2 aromatic heterocycles. The normalized spacial score (nSPS) is 15.5. The zero-order valence-electron chi connectivity index (χ0n) is 29.1. The fourth-order valence-electron chi connectivity index (χ4n) is 6.32. The van der Waals surface area contributed by atoms with Crippen LogP contribution < -0.4 is 5.32 Å². The number of pyridine rings is 1. The first-order valence-electron chi connectivity index (χ1n) is 16.9. The number of amides is 2. The Morgan fingerprint density at radius 2 is 1.76 bits per heavy atom. The summed E-state index contributed by atoms with van der Waals surface area (Å²) >= 11 is 0. The summed E-state index contributed by atoms with van der Waals surface area (Å²) in [5.41, 5.74) is 4.35. The molecule has 0 radical (unpaired) electrons. The predicted octanol–water partition coefficient (Wildman–Crippen LogP) is 6.15. The largest absolute Gasteiger partial charge is 0.464 e. The van der Waals surface area contributed by atoms with Gasteiger partial charge in [-0.05, 0) is 75.8 Å². The van der Waals surface area contributed by atoms with Gasteiger partial charge in [0.15, 0.2) is 0 Å². The zero-order valence-corrected chi connectivity index (χ0v) is 29.1. The highest BCUT2D eigenvalue weighted by molar-refractivity contribution is 5.87. The lowest BCUT2D eigenvalue weighted by atomic mass is 9.95. The number of piperidine rings is 1. The van der Waals surface area contributed by atoms with Crippen LogP contribution in [0.4, 0.5) is 4.79 Å². The molecule has 260 valence electrons. The molecular weight excluding hydrogens is 622 g/mol. The minimum absolute atomic E-state index is 0.0128. The first-order valence-corrected chi connectivity index (χ1v) is 16.9. The van der Waals surface area contributed by atoms with Gasteiger partial charge in [-0.2, -0.15) is 0 Å². The van der Waals surface area contributed by atoms with Crippen LogP contribution in [0.1, 0.15) is 74.2 Å². The SMILES string of the molecule is COCCCn1c(C2CCCN(C(=O)CC(Cc3ccc(-c4ccc(C(=O)OC)nc4)cc3)NC(=O)OC(C)(C)C)C2)nc2ccccc21. The van der Waals surface area contributed by atoms with Crippen LogP contribution >= 0.6 is 0 Å². The van der Waals surface area contributed by atoms with Crippen LogP contribution in [0.5, 0.6) is 0 Å². The van der Waals surface area contributed by atoms with Gasteiger partial charge in [-0.1, -0.05) is 42.5 Å². The highest BCUT2D eigenvalue weighted by Gasteiger charge is 2.30. The molecule has 49 heavy (non-hydrogen) atoms. The lowest BCUT2D eigenvalue weighted by Crippen LogP contribution is -2.46. The van der Waals surface area contributed by atoms with E-state index in [0.717, 1.165) is 59.4 Å². The molecule has 11 heteroatoms. The molecule has 1 saturated heterocycles. The zero-order chi connectivity index (χ0) is 35.0. The van der Waals surface area contributed by atoms with Gasteiger partial charge < -0.3 is 29.0 Å². The fourth-order valence-corrected chi connectivity index (χ4v) is 6.32. The number of imidazole rings is 1. The van der Waals surface area contributed by atoms with Crippen molar-refractivity contribution in [3.8, 4) is 11.1 Å². The number of esters is 1. The molecule has 2 unspecified atom stereocenters. The van der Waals surface area contributed by atoms with Crippen LogP contribution in [0.25, 0.3) is 22.2 Å². The number of aryl methyl sites for hydroxylation is 1. The number of likely N-dealkylation sites (tertiary alicyclic amines) is 1. The van der Waals surface area contributed by atoms with Crippen molar-refractivity contribution < 1.29 is 28.6 Å². The van der Waals surface area contributed by atoms with Gasteiger partial charge >= 0.3 is 12.1 Å². The van der Waals surface area contributed by atoms with E-state index in [-0.39, 0.29) is 23.9 Å². The number of carbonyl (C=O) groups excluding carboxylic acids is 3. The fraction of sp³-hybridized carbons (Fsp3) is 0.447. The summed E-state index contributed by atoms with van der Waals surface area (Å²) in [4.78, 5) is 49.7. The summed E-state index contributed by atoms with van der Waals surface area (Å²) < 4.78 is 17.9. The number of nitrogens with one attached hydrogen (secondary N) is 1. The lowest BCUT2D eigenvalue weighted by Gasteiger charge is -2.34. The number of benzene rings is 2. The van der Waals surface area contributed by atoms with Gasteiger partial charge in [0.25, 0.3) is 0 Å². The van der Waals surface area contributed by atoms with Crippen molar-refractivity contribution in [3.05, 3.63) is 83.9 Å². The summed E-state index contributed by atoms with van der Waals surface area (Å²) in [6, 6.07) is 19.0. The molecule has 1 aliphatic heterocycles. The number of ether oxygens (including phenoxy) is 3. The van der Waals surface area contributed by atoms with Crippen molar-refractivity contribution in [2.45, 2.75) is 77.0 Å². The summed E-state index contributed by atoms with van der Waals surface area (Å²) in [6.07, 6.45) is 4.35. The molecule has 0 aliphatic carbocycles. The third kappa shape index (κ3) is 9.44. The highest BCUT2D eigenvalue weighted by Crippen LogP contribution is 2.30. The molecule has 0 saturated carbocycles. The average Bonchev–Trinajstić information content (AvgIpc) is 3.46. The Morgan fingerprint density at radius 1 is 1.00 bits per heavy atom. The number of alkyl carbamates (subject to hydrolysis) is 1. The monoisotopic (exact) mass is 669 g/mol. The van der Waals surface area contributed by atoms with Crippen LogP contribution in [0.3, 0.4) is 0 Å². The highest BCUT2D eigenvalue weighted by atomic mass is 16.6. The number of nitrogens with zero attached hydrogens (tertiary/aromatic N) is 4. The maximum atomic E-state index is 13.9. The first-order chi connectivity index (χ1) is 23.5. The van der Waals surface area contributed by atoms with Gasteiger partial charge in [0.1, 0.15) is 17.1 Å². The number of fused-ring (bicyclic) bond motifs is 1. The van der Waals surface area contributed by atoms with E-state index in [1.165, 1.54) is 7.11 Å². The standard InChI is InChI=1S/C38H47N5O6/c1-38(2,3)49-37(46)40-30(22-26-13-15-27(16-14-26)28-17-18-32(39-24-28)36(45)48-5)23-34(44)42-19-8-10-29(25-42)35-41-31-11-6-7-12-33(31)43(35)20-9-21-47-4/h6-7,11-18,24,29-30H,8-10,19-23,25H2,1-5H3,(H,40,46). The molecule has 11 nitrogen and oxygen atoms in total. The molecule has 3 heterocycles. The Kier molecular flexibility index (Phi) is 11.7. The van der Waals surface area contributed by atoms with Crippen LogP contribution in [0.2, 0.25) is 0 Å². The third-order valence-electron chi connectivity index (χ3n) is 8.62. The second-order valence-electron chi connectivity index (χ2n) is 13.5. The average molecular weight is 670 g/mol. The number of hydrogen-bond donors (Lipinski definition) is 1. The topological polar surface area (TPSA) is 125 Å². The lowest BCUT2D eigenvalue weighted by molar-refractivity contribution is -0.133. The molecule has 4 aromatic rings. The van der Waals surface area contributed by atoms with Gasteiger partial charge in [-0.15, -0.1) is 0 Å². The van der Waals surface area contributed by atoms with Crippen LogP contribution in [-0.2, 0) is 32.0 Å². The Hall–Kier alpha value is -4.77. The number of hydrogen-bond acceptors (Lipinski definition) is 8. The van der Waals surface area contributed by atoms with E-state index in [1.807, 2.05) is 74.2 Å². The second-order valence-corrected chi connectivity index (χ2v) is 13.5. The summed E-state index contributed by atoms with van der Waals surface area (Å²) in [6.45, 7) is 8.14. The first kappa shape index (κ1) is 35.5. The Bertz CT molecular complexity index is 1730. The summed E-state index contributed by atoms with van der Waals surface area (Å²) in [5, 5.41) is 2.97. The van der Waals surface area contributed by atoms with Crippen molar-refractivity contribution in [2.75, 3.05) is 33.9 Å². The molecule has 1 aliphatic rings. The van der Waals surface area contributed by atoms with Crippen LogP contribution in [0, 0.1) is 0 Å². The van der Waals surface area contributed by atoms with Crippen LogP contribution in [-0.4, -0.2) is 83.0 Å². The van der Waals surface area contributed by atoms with E-state index >= 15 is 0 Å².